The molecule has 1 N–H and O–H groups in total. The Hall–Kier alpha value is 0.152. The summed E-state index contributed by atoms with van der Waals surface area (Å²) in [5.41, 5.74) is -2.76. The van der Waals surface area contributed by atoms with E-state index in [2.05, 4.69) is 0 Å². The van der Waals surface area contributed by atoms with Gasteiger partial charge >= 0.3 is 37.1 Å². The van der Waals surface area contributed by atoms with Crippen LogP contribution in [0, 0.1) is 42.9 Å². The van der Waals surface area contributed by atoms with E-state index < -0.39 is 23.1 Å². The van der Waals surface area contributed by atoms with Crippen molar-refractivity contribution in [2.24, 2.45) is 5.92 Å². The van der Waals surface area contributed by atoms with Crippen LogP contribution in [0.4, 0.5) is 0 Å². The average Bonchev–Trinajstić information content (AvgIpc) is 2.47. The third-order valence-electron chi connectivity index (χ3n) is 3.67. The van der Waals surface area contributed by atoms with Gasteiger partial charge in [0.25, 0.3) is 0 Å². The SMILES string of the molecule is CC[C-](C)C1(O)C(=O)OC(C)(CC)C1[C-]=O.[U+2]. The summed E-state index contributed by atoms with van der Waals surface area (Å²) in [6, 6.07) is 0. The van der Waals surface area contributed by atoms with Crippen molar-refractivity contribution in [3.63, 3.8) is 0 Å². The number of ether oxygens (including phenoxy) is 1. The molecule has 0 saturated carbocycles. The van der Waals surface area contributed by atoms with E-state index in [1.54, 1.807) is 20.1 Å². The summed E-state index contributed by atoms with van der Waals surface area (Å²) in [6.45, 7) is 6.95. The van der Waals surface area contributed by atoms with Crippen molar-refractivity contribution in [3.05, 3.63) is 5.92 Å². The predicted molar refractivity (Wildman–Crippen MR) is 58.1 cm³/mol. The summed E-state index contributed by atoms with van der Waals surface area (Å²) in [4.78, 5) is 22.8. The van der Waals surface area contributed by atoms with Gasteiger partial charge in [0.05, 0.1) is 5.60 Å². The summed E-state index contributed by atoms with van der Waals surface area (Å²) in [5.74, 6) is -1.13. The molecule has 0 amide bonds. The molecule has 0 spiro atoms. The fourth-order valence-electron chi connectivity index (χ4n) is 2.08. The monoisotopic (exact) mass is 464 g/mol. The van der Waals surface area contributed by atoms with Crippen LogP contribution < -0.4 is 0 Å². The molecule has 0 aromatic heterocycles. The van der Waals surface area contributed by atoms with Gasteiger partial charge in [-0.1, -0.05) is 19.8 Å². The van der Waals surface area contributed by atoms with Gasteiger partial charge in [-0.05, 0) is 13.3 Å². The molecule has 1 aliphatic rings. The quantitative estimate of drug-likeness (QED) is 0.502. The van der Waals surface area contributed by atoms with Crippen molar-refractivity contribution in [3.8, 4) is 0 Å². The van der Waals surface area contributed by atoms with Gasteiger partial charge in [-0.15, -0.1) is 0 Å². The van der Waals surface area contributed by atoms with Crippen molar-refractivity contribution in [1.82, 2.24) is 0 Å². The minimum atomic E-state index is -1.80. The summed E-state index contributed by atoms with van der Waals surface area (Å²) in [7, 11) is 0. The molecule has 17 heavy (non-hydrogen) atoms. The van der Waals surface area contributed by atoms with Crippen LogP contribution in [0.5, 0.6) is 0 Å². The van der Waals surface area contributed by atoms with E-state index in [4.69, 9.17) is 4.74 Å². The number of aliphatic hydroxyl groups is 1. The average molecular weight is 464 g/mol. The maximum atomic E-state index is 11.8. The van der Waals surface area contributed by atoms with Crippen LogP contribution in [0.25, 0.3) is 0 Å². The zero-order chi connectivity index (χ0) is 12.6. The van der Waals surface area contributed by atoms with Crippen LogP contribution in [0.1, 0.15) is 40.5 Å². The molecule has 1 saturated heterocycles. The Kier molecular flexibility index (Phi) is 5.91. The van der Waals surface area contributed by atoms with E-state index in [1.807, 2.05) is 13.8 Å². The molecule has 4 nitrogen and oxygen atoms in total. The van der Waals surface area contributed by atoms with Crippen molar-refractivity contribution >= 4 is 12.3 Å². The number of cyclic esters (lactones) is 1. The number of carbonyl (C=O) groups is 1. The van der Waals surface area contributed by atoms with Crippen molar-refractivity contribution < 1.29 is 50.5 Å². The maximum absolute atomic E-state index is 11.8. The Labute approximate surface area is 126 Å². The predicted octanol–water partition coefficient (Wildman–Crippen LogP) is 1.17. The first-order valence-corrected chi connectivity index (χ1v) is 5.53. The second-order valence-electron chi connectivity index (χ2n) is 4.51. The Morgan fingerprint density at radius 3 is 2.41 bits per heavy atom. The fraction of sp³-hybridized carbons (Fsp3) is 0.750. The normalized spacial score (nSPS) is 36.6. The summed E-state index contributed by atoms with van der Waals surface area (Å²) < 4.78 is 5.17. The van der Waals surface area contributed by atoms with Gasteiger partial charge in [0.15, 0.2) is 0 Å². The number of hydrogen-bond acceptors (Lipinski definition) is 4. The Bertz CT molecular complexity index is 307. The third kappa shape index (κ3) is 2.48. The molecular weight excluding hydrogens is 446 g/mol. The van der Waals surface area contributed by atoms with E-state index in [0.717, 1.165) is 0 Å². The molecule has 0 aliphatic carbocycles. The van der Waals surface area contributed by atoms with Crippen molar-refractivity contribution in [2.75, 3.05) is 0 Å². The molecule has 1 aliphatic heterocycles. The van der Waals surface area contributed by atoms with Crippen LogP contribution >= 0.6 is 0 Å². The molecule has 0 bridgehead atoms. The molecule has 1 fully saturated rings. The molecule has 3 unspecified atom stereocenters. The second kappa shape index (κ2) is 5.86. The molecule has 0 radical (unpaired) electrons. The minimum absolute atomic E-state index is 0. The smallest absolute Gasteiger partial charge is 0.541 e. The zero-order valence-corrected chi connectivity index (χ0v) is 14.8. The third-order valence-corrected chi connectivity index (χ3v) is 3.67. The molecule has 5 heteroatoms. The topological polar surface area (TPSA) is 63.6 Å². The van der Waals surface area contributed by atoms with E-state index in [-0.39, 0.29) is 31.1 Å². The van der Waals surface area contributed by atoms with Gasteiger partial charge in [0, 0.05) is 5.60 Å². The molecule has 94 valence electrons. The standard InChI is InChI=1S/C12H18O4.U/c1-5-8(3)12(15)9(7-13)11(4,6-2)16-10(12)14;/h9,15H,5-6H2,1-4H3;/q-2;+2. The van der Waals surface area contributed by atoms with Gasteiger partial charge in [0.1, 0.15) is 0 Å². The van der Waals surface area contributed by atoms with Gasteiger partial charge in [-0.2, -0.15) is 13.3 Å². The zero-order valence-electron chi connectivity index (χ0n) is 10.7. The van der Waals surface area contributed by atoms with E-state index in [0.29, 0.717) is 18.8 Å². The van der Waals surface area contributed by atoms with Gasteiger partial charge in [0.2, 0.25) is 0 Å². The molecule has 0 aromatic carbocycles. The first kappa shape index (κ1) is 17.2. The Balaban J connectivity index is 0.00000256. The maximum Gasteiger partial charge on any atom is 2.00 e. The number of hydrogen-bond donors (Lipinski definition) is 1. The first-order chi connectivity index (χ1) is 7.36. The molecule has 0 aromatic rings. The molecular formula is C12H18O4U. The van der Waals surface area contributed by atoms with Crippen LogP contribution in [0.15, 0.2) is 0 Å². The number of carbonyl (C=O) groups excluding carboxylic acids is 2. The van der Waals surface area contributed by atoms with Crippen LogP contribution in [0.3, 0.4) is 0 Å². The Morgan fingerprint density at radius 1 is 1.53 bits per heavy atom. The van der Waals surface area contributed by atoms with Gasteiger partial charge < -0.3 is 14.6 Å². The summed E-state index contributed by atoms with van der Waals surface area (Å²) in [5, 5.41) is 10.4. The van der Waals surface area contributed by atoms with Crippen LogP contribution in [-0.4, -0.2) is 28.6 Å². The van der Waals surface area contributed by atoms with E-state index in [1.165, 1.54) is 0 Å². The second-order valence-corrected chi connectivity index (χ2v) is 4.51. The largest absolute Gasteiger partial charge is 2.00 e. The number of esters is 1. The van der Waals surface area contributed by atoms with Crippen molar-refractivity contribution in [1.29, 1.82) is 0 Å². The molecule has 1 heterocycles. The Morgan fingerprint density at radius 2 is 2.06 bits per heavy atom. The van der Waals surface area contributed by atoms with E-state index >= 15 is 0 Å². The number of rotatable bonds is 4. The van der Waals surface area contributed by atoms with E-state index in [9.17, 15) is 14.7 Å². The molecule has 1 rings (SSSR count). The summed E-state index contributed by atoms with van der Waals surface area (Å²) >= 11 is 0. The van der Waals surface area contributed by atoms with Gasteiger partial charge in [-0.3, -0.25) is 17.0 Å². The van der Waals surface area contributed by atoms with Gasteiger partial charge in [-0.25, -0.2) is 0 Å². The first-order valence-electron chi connectivity index (χ1n) is 5.53. The van der Waals surface area contributed by atoms with Crippen molar-refractivity contribution in [2.45, 2.75) is 51.7 Å². The molecule has 3 atom stereocenters. The van der Waals surface area contributed by atoms with Crippen LogP contribution in [-0.2, 0) is 14.3 Å². The summed E-state index contributed by atoms with van der Waals surface area (Å²) in [6.07, 6.45) is 2.76. The fourth-order valence-corrected chi connectivity index (χ4v) is 2.08. The minimum Gasteiger partial charge on any atom is -0.541 e. The van der Waals surface area contributed by atoms with Crippen LogP contribution in [0.2, 0.25) is 0 Å².